The van der Waals surface area contributed by atoms with Gasteiger partial charge in [0.1, 0.15) is 0 Å². The molecule has 2 amide bonds. The lowest BCUT2D eigenvalue weighted by Gasteiger charge is -2.17. The van der Waals surface area contributed by atoms with Crippen molar-refractivity contribution in [2.24, 2.45) is 11.8 Å². The molecule has 20 heavy (non-hydrogen) atoms. The van der Waals surface area contributed by atoms with E-state index >= 15 is 0 Å². The molecule has 4 atom stereocenters. The van der Waals surface area contributed by atoms with Gasteiger partial charge in [0, 0.05) is 0 Å². The molecule has 1 aromatic rings. The fraction of sp³-hybridized carbons (Fsp3) is 0.267. The van der Waals surface area contributed by atoms with Crippen LogP contribution in [0.3, 0.4) is 0 Å². The second-order valence-electron chi connectivity index (χ2n) is 5.17. The van der Waals surface area contributed by atoms with Crippen LogP contribution in [0.25, 0.3) is 0 Å². The number of fused-ring (bicyclic) bond motifs is 5. The number of carbonyl (C=O) groups excluding carboxylic acids is 2. The Balaban J connectivity index is 1.72. The second kappa shape index (κ2) is 3.78. The monoisotopic (exact) mass is 266 g/mol. The van der Waals surface area contributed by atoms with Crippen LogP contribution >= 0.6 is 0 Å². The molecule has 5 heteroatoms. The molecule has 1 aromatic carbocycles. The minimum absolute atomic E-state index is 0.207. The van der Waals surface area contributed by atoms with E-state index in [0.717, 1.165) is 0 Å². The molecule has 5 nitrogen and oxygen atoms in total. The van der Waals surface area contributed by atoms with E-state index in [4.69, 9.17) is 10.00 Å². The molecule has 3 heterocycles. The molecule has 0 radical (unpaired) electrons. The number of nitriles is 1. The lowest BCUT2D eigenvalue weighted by Crippen LogP contribution is -2.34. The van der Waals surface area contributed by atoms with Gasteiger partial charge in [-0.3, -0.25) is 9.59 Å². The van der Waals surface area contributed by atoms with Crippen molar-refractivity contribution in [3.63, 3.8) is 0 Å². The number of rotatable bonds is 1. The van der Waals surface area contributed by atoms with Crippen molar-refractivity contribution >= 4 is 17.5 Å². The molecule has 0 spiro atoms. The normalized spacial score (nSPS) is 33.6. The topological polar surface area (TPSA) is 70.4 Å². The average Bonchev–Trinajstić information content (AvgIpc) is 3.14. The highest BCUT2D eigenvalue weighted by Gasteiger charge is 2.60. The average molecular weight is 266 g/mol. The highest BCUT2D eigenvalue weighted by atomic mass is 16.5. The third kappa shape index (κ3) is 1.29. The summed E-state index contributed by atoms with van der Waals surface area (Å²) in [5.41, 5.74) is 1.02. The van der Waals surface area contributed by atoms with Crippen LogP contribution in [0.5, 0.6) is 0 Å². The summed E-state index contributed by atoms with van der Waals surface area (Å²) in [7, 11) is 0. The second-order valence-corrected chi connectivity index (χ2v) is 5.17. The van der Waals surface area contributed by atoms with E-state index in [9.17, 15) is 9.59 Å². The summed E-state index contributed by atoms with van der Waals surface area (Å²) in [6.45, 7) is 0. The first-order chi connectivity index (χ1) is 9.70. The number of imide groups is 1. The van der Waals surface area contributed by atoms with E-state index < -0.39 is 11.8 Å². The minimum Gasteiger partial charge on any atom is -0.365 e. The van der Waals surface area contributed by atoms with Crippen LogP contribution in [0, 0.1) is 23.2 Å². The van der Waals surface area contributed by atoms with Crippen molar-refractivity contribution in [1.82, 2.24) is 0 Å². The standard InChI is InChI=1S/C15H10N2O3/c16-7-8-1-3-9(4-2-8)17-14(18)12-10-5-6-11(20-10)13(12)15(17)19/h1-6,10-13H. The molecular formula is C15H10N2O3. The number of ether oxygens (including phenoxy) is 1. The predicted molar refractivity (Wildman–Crippen MR) is 68.4 cm³/mol. The van der Waals surface area contributed by atoms with E-state index in [-0.39, 0.29) is 24.0 Å². The zero-order valence-electron chi connectivity index (χ0n) is 10.4. The molecule has 0 N–H and O–H groups in total. The first kappa shape index (κ1) is 11.4. The van der Waals surface area contributed by atoms with Gasteiger partial charge in [-0.25, -0.2) is 4.90 Å². The molecule has 0 aliphatic carbocycles. The number of hydrogen-bond donors (Lipinski definition) is 0. The Labute approximate surface area is 115 Å². The van der Waals surface area contributed by atoms with E-state index in [1.54, 1.807) is 24.3 Å². The molecule has 0 saturated carbocycles. The van der Waals surface area contributed by atoms with Gasteiger partial charge in [-0.2, -0.15) is 5.26 Å². The smallest absolute Gasteiger partial charge is 0.240 e. The molecule has 3 aliphatic heterocycles. The summed E-state index contributed by atoms with van der Waals surface area (Å²) in [4.78, 5) is 26.2. The Bertz CT molecular complexity index is 656. The molecule has 2 fully saturated rings. The Hall–Kier alpha value is -2.45. The summed E-state index contributed by atoms with van der Waals surface area (Å²) < 4.78 is 5.58. The minimum atomic E-state index is -0.395. The SMILES string of the molecule is N#Cc1ccc(N2C(=O)C3C4C=CC(O4)C3C2=O)cc1. The Morgan fingerprint density at radius 1 is 1.00 bits per heavy atom. The Kier molecular flexibility index (Phi) is 2.15. The fourth-order valence-corrected chi connectivity index (χ4v) is 3.24. The summed E-state index contributed by atoms with van der Waals surface area (Å²) in [6.07, 6.45) is 3.17. The molecule has 98 valence electrons. The van der Waals surface area contributed by atoms with Crippen molar-refractivity contribution < 1.29 is 14.3 Å². The van der Waals surface area contributed by atoms with Gasteiger partial charge < -0.3 is 4.74 Å². The summed E-state index contributed by atoms with van der Waals surface area (Å²) in [6, 6.07) is 8.48. The van der Waals surface area contributed by atoms with Crippen LogP contribution in [-0.2, 0) is 14.3 Å². The van der Waals surface area contributed by atoms with Crippen molar-refractivity contribution in [2.75, 3.05) is 4.90 Å². The largest absolute Gasteiger partial charge is 0.365 e. The quantitative estimate of drug-likeness (QED) is 0.561. The number of amides is 2. The van der Waals surface area contributed by atoms with Gasteiger partial charge in [0.25, 0.3) is 0 Å². The van der Waals surface area contributed by atoms with Crippen molar-refractivity contribution in [1.29, 1.82) is 5.26 Å². The predicted octanol–water partition coefficient (Wildman–Crippen LogP) is 1.00. The Morgan fingerprint density at radius 3 is 2.05 bits per heavy atom. The van der Waals surface area contributed by atoms with Crippen LogP contribution < -0.4 is 4.90 Å². The van der Waals surface area contributed by atoms with Crippen LogP contribution in [0.1, 0.15) is 5.56 Å². The van der Waals surface area contributed by atoms with Gasteiger partial charge >= 0.3 is 0 Å². The number of nitrogens with zero attached hydrogens (tertiary/aromatic N) is 2. The van der Waals surface area contributed by atoms with Gasteiger partial charge in [-0.15, -0.1) is 0 Å². The summed E-state index contributed by atoms with van der Waals surface area (Å²) in [5, 5.41) is 8.78. The van der Waals surface area contributed by atoms with Crippen LogP contribution in [0.2, 0.25) is 0 Å². The van der Waals surface area contributed by atoms with Crippen LogP contribution in [0.15, 0.2) is 36.4 Å². The number of benzene rings is 1. The number of carbonyl (C=O) groups is 2. The first-order valence-corrected chi connectivity index (χ1v) is 6.42. The van der Waals surface area contributed by atoms with Crippen molar-refractivity contribution in [2.45, 2.75) is 12.2 Å². The lowest BCUT2D eigenvalue weighted by molar-refractivity contribution is -0.124. The molecule has 3 aliphatic rings. The Morgan fingerprint density at radius 2 is 1.55 bits per heavy atom. The van der Waals surface area contributed by atoms with E-state index in [1.165, 1.54) is 4.90 Å². The van der Waals surface area contributed by atoms with Gasteiger partial charge in [0.2, 0.25) is 11.8 Å². The molecular weight excluding hydrogens is 256 g/mol. The molecule has 4 rings (SSSR count). The lowest BCUT2D eigenvalue weighted by atomic mass is 9.85. The van der Waals surface area contributed by atoms with Crippen molar-refractivity contribution in [3.05, 3.63) is 42.0 Å². The van der Waals surface area contributed by atoms with Gasteiger partial charge in [-0.05, 0) is 24.3 Å². The zero-order chi connectivity index (χ0) is 13.9. The maximum absolute atomic E-state index is 12.5. The van der Waals surface area contributed by atoms with E-state index in [0.29, 0.717) is 11.3 Å². The third-order valence-corrected chi connectivity index (χ3v) is 4.17. The number of hydrogen-bond acceptors (Lipinski definition) is 4. The van der Waals surface area contributed by atoms with Crippen LogP contribution in [-0.4, -0.2) is 24.0 Å². The van der Waals surface area contributed by atoms with Crippen LogP contribution in [0.4, 0.5) is 5.69 Å². The maximum Gasteiger partial charge on any atom is 0.240 e. The first-order valence-electron chi connectivity index (χ1n) is 6.42. The molecule has 4 unspecified atom stereocenters. The summed E-state index contributed by atoms with van der Waals surface area (Å²) in [5.74, 6) is -1.20. The highest BCUT2D eigenvalue weighted by molar-refractivity contribution is 6.23. The van der Waals surface area contributed by atoms with Gasteiger partial charge in [-0.1, -0.05) is 12.2 Å². The van der Waals surface area contributed by atoms with Gasteiger partial charge in [0.15, 0.2) is 0 Å². The molecule has 2 bridgehead atoms. The number of anilines is 1. The molecule has 0 aromatic heterocycles. The van der Waals surface area contributed by atoms with E-state index in [1.807, 2.05) is 18.2 Å². The summed E-state index contributed by atoms with van der Waals surface area (Å²) >= 11 is 0. The fourth-order valence-electron chi connectivity index (χ4n) is 3.24. The maximum atomic E-state index is 12.5. The third-order valence-electron chi connectivity index (χ3n) is 4.17. The highest BCUT2D eigenvalue weighted by Crippen LogP contribution is 2.46. The van der Waals surface area contributed by atoms with Gasteiger partial charge in [0.05, 0.1) is 41.4 Å². The van der Waals surface area contributed by atoms with E-state index in [2.05, 4.69) is 0 Å². The molecule has 2 saturated heterocycles. The van der Waals surface area contributed by atoms with Crippen molar-refractivity contribution in [3.8, 4) is 6.07 Å². The zero-order valence-corrected chi connectivity index (χ0v) is 10.4.